The molecule has 2 unspecified atom stereocenters. The summed E-state index contributed by atoms with van der Waals surface area (Å²) in [5, 5.41) is 0. The summed E-state index contributed by atoms with van der Waals surface area (Å²) in [5.74, 6) is 0.756. The number of aromatic nitrogens is 1. The van der Waals surface area contributed by atoms with E-state index in [1.165, 1.54) is 0 Å². The molecule has 1 aromatic heterocycles. The molecular formula is C13H22N2O2. The van der Waals surface area contributed by atoms with Gasteiger partial charge in [0.05, 0.1) is 24.9 Å². The van der Waals surface area contributed by atoms with Crippen molar-refractivity contribution in [1.29, 1.82) is 0 Å². The molecule has 0 spiro atoms. The topological polar surface area (TPSA) is 57.4 Å². The van der Waals surface area contributed by atoms with Gasteiger partial charge in [-0.3, -0.25) is 4.98 Å². The molecule has 17 heavy (non-hydrogen) atoms. The molecule has 0 bridgehead atoms. The van der Waals surface area contributed by atoms with Crippen LogP contribution >= 0.6 is 0 Å². The minimum absolute atomic E-state index is 0.0266. The van der Waals surface area contributed by atoms with Crippen molar-refractivity contribution in [3.8, 4) is 5.75 Å². The lowest BCUT2D eigenvalue weighted by Crippen LogP contribution is -2.28. The monoisotopic (exact) mass is 238 g/mol. The smallest absolute Gasteiger partial charge is 0.137 e. The molecule has 0 aliphatic carbocycles. The van der Waals surface area contributed by atoms with Gasteiger partial charge in [0.2, 0.25) is 0 Å². The van der Waals surface area contributed by atoms with Gasteiger partial charge in [0.1, 0.15) is 5.75 Å². The quantitative estimate of drug-likeness (QED) is 0.792. The van der Waals surface area contributed by atoms with Gasteiger partial charge in [0.15, 0.2) is 0 Å². The Hall–Kier alpha value is -1.13. The van der Waals surface area contributed by atoms with E-state index in [9.17, 15) is 0 Å². The van der Waals surface area contributed by atoms with Gasteiger partial charge < -0.3 is 15.2 Å². The molecule has 0 fully saturated rings. The molecule has 1 heterocycles. The van der Waals surface area contributed by atoms with Crippen molar-refractivity contribution in [3.05, 3.63) is 24.0 Å². The van der Waals surface area contributed by atoms with Crippen molar-refractivity contribution in [1.82, 2.24) is 4.98 Å². The van der Waals surface area contributed by atoms with Crippen LogP contribution in [0, 0.1) is 0 Å². The molecule has 0 aliphatic heterocycles. The molecule has 0 aromatic carbocycles. The highest BCUT2D eigenvalue weighted by Crippen LogP contribution is 2.22. The molecule has 0 radical (unpaired) electrons. The van der Waals surface area contributed by atoms with Crippen LogP contribution in [-0.2, 0) is 4.74 Å². The molecule has 4 nitrogen and oxygen atoms in total. The highest BCUT2D eigenvalue weighted by Gasteiger charge is 2.18. The minimum Gasteiger partial charge on any atom is -0.492 e. The second-order valence-corrected chi connectivity index (χ2v) is 3.98. The Morgan fingerprint density at radius 1 is 1.35 bits per heavy atom. The largest absolute Gasteiger partial charge is 0.492 e. The normalized spacial score (nSPS) is 14.4. The molecule has 1 rings (SSSR count). The molecule has 96 valence electrons. The Morgan fingerprint density at radius 3 is 2.71 bits per heavy atom. The maximum Gasteiger partial charge on any atom is 0.137 e. The van der Waals surface area contributed by atoms with Gasteiger partial charge >= 0.3 is 0 Å². The van der Waals surface area contributed by atoms with Crippen molar-refractivity contribution in [2.24, 2.45) is 5.73 Å². The highest BCUT2D eigenvalue weighted by atomic mass is 16.5. The fourth-order valence-electron chi connectivity index (χ4n) is 1.81. The molecule has 4 heteroatoms. The first kappa shape index (κ1) is 13.9. The van der Waals surface area contributed by atoms with Crippen LogP contribution in [-0.4, -0.2) is 24.8 Å². The Balaban J connectivity index is 2.79. The third kappa shape index (κ3) is 3.98. The van der Waals surface area contributed by atoms with Crippen LogP contribution < -0.4 is 10.5 Å². The Kier molecular flexibility index (Phi) is 5.94. The van der Waals surface area contributed by atoms with E-state index in [0.29, 0.717) is 6.61 Å². The summed E-state index contributed by atoms with van der Waals surface area (Å²) in [6.07, 6.45) is 5.48. The highest BCUT2D eigenvalue weighted by molar-refractivity contribution is 5.26. The van der Waals surface area contributed by atoms with Crippen LogP contribution in [0.1, 0.15) is 38.3 Å². The van der Waals surface area contributed by atoms with E-state index < -0.39 is 0 Å². The lowest BCUT2D eigenvalue weighted by Gasteiger charge is -2.22. The van der Waals surface area contributed by atoms with Gasteiger partial charge in [0, 0.05) is 13.3 Å². The van der Waals surface area contributed by atoms with Crippen molar-refractivity contribution >= 4 is 0 Å². The third-order valence-corrected chi connectivity index (χ3v) is 2.71. The van der Waals surface area contributed by atoms with Crippen molar-refractivity contribution in [2.75, 3.05) is 13.7 Å². The molecule has 2 atom stereocenters. The van der Waals surface area contributed by atoms with Gasteiger partial charge in [-0.1, -0.05) is 13.3 Å². The summed E-state index contributed by atoms with van der Waals surface area (Å²) in [5.41, 5.74) is 7.14. The zero-order chi connectivity index (χ0) is 12.7. The van der Waals surface area contributed by atoms with Crippen LogP contribution in [0.15, 0.2) is 18.5 Å². The predicted octanol–water partition coefficient (Wildman–Crippen LogP) is 2.30. The fourth-order valence-corrected chi connectivity index (χ4v) is 1.81. The van der Waals surface area contributed by atoms with Crippen molar-refractivity contribution < 1.29 is 9.47 Å². The number of nitrogens with two attached hydrogens (primary N) is 1. The van der Waals surface area contributed by atoms with E-state index in [-0.39, 0.29) is 12.1 Å². The number of hydrogen-bond donors (Lipinski definition) is 1. The van der Waals surface area contributed by atoms with Gasteiger partial charge in [-0.05, 0) is 25.0 Å². The fraction of sp³-hybridized carbons (Fsp3) is 0.615. The maximum atomic E-state index is 6.18. The van der Waals surface area contributed by atoms with Gasteiger partial charge in [-0.15, -0.1) is 0 Å². The zero-order valence-electron chi connectivity index (χ0n) is 10.8. The van der Waals surface area contributed by atoms with Crippen LogP contribution in [0.25, 0.3) is 0 Å². The molecule has 0 saturated heterocycles. The summed E-state index contributed by atoms with van der Waals surface area (Å²) >= 11 is 0. The molecular weight excluding hydrogens is 216 g/mol. The van der Waals surface area contributed by atoms with Crippen LogP contribution in [0.5, 0.6) is 5.75 Å². The summed E-state index contributed by atoms with van der Waals surface area (Å²) in [6.45, 7) is 4.69. The second-order valence-electron chi connectivity index (χ2n) is 3.98. The maximum absolute atomic E-state index is 6.18. The zero-order valence-corrected chi connectivity index (χ0v) is 10.8. The van der Waals surface area contributed by atoms with Gasteiger partial charge in [0.25, 0.3) is 0 Å². The molecule has 1 aromatic rings. The number of methoxy groups -OCH3 is 1. The standard InChI is InChI=1S/C13H22N2O2/c1-4-6-12(16-3)13(14)10-7-11(17-5-2)9-15-8-10/h7-9,12-13H,4-6,14H2,1-3H3. The van der Waals surface area contributed by atoms with E-state index in [1.54, 1.807) is 19.5 Å². The van der Waals surface area contributed by atoms with E-state index in [1.807, 2.05) is 13.0 Å². The average Bonchev–Trinajstić information content (AvgIpc) is 2.36. The second kappa shape index (κ2) is 7.25. The summed E-state index contributed by atoms with van der Waals surface area (Å²) in [6, 6.07) is 1.77. The summed E-state index contributed by atoms with van der Waals surface area (Å²) in [4.78, 5) is 4.14. The van der Waals surface area contributed by atoms with Gasteiger partial charge in [-0.2, -0.15) is 0 Å². The number of rotatable bonds is 7. The summed E-state index contributed by atoms with van der Waals surface area (Å²) < 4.78 is 10.8. The van der Waals surface area contributed by atoms with Crippen molar-refractivity contribution in [3.63, 3.8) is 0 Å². The average molecular weight is 238 g/mol. The Bertz CT molecular complexity index is 331. The minimum atomic E-state index is -0.159. The number of hydrogen-bond acceptors (Lipinski definition) is 4. The third-order valence-electron chi connectivity index (χ3n) is 2.71. The SMILES string of the molecule is CCCC(OC)C(N)c1cncc(OCC)c1. The lowest BCUT2D eigenvalue weighted by molar-refractivity contribution is 0.0723. The van der Waals surface area contributed by atoms with E-state index in [2.05, 4.69) is 11.9 Å². The van der Waals surface area contributed by atoms with E-state index >= 15 is 0 Å². The molecule has 0 aliphatic rings. The molecule has 0 saturated carbocycles. The van der Waals surface area contributed by atoms with E-state index in [4.69, 9.17) is 15.2 Å². The Morgan fingerprint density at radius 2 is 2.12 bits per heavy atom. The molecule has 2 N–H and O–H groups in total. The predicted molar refractivity (Wildman–Crippen MR) is 68.0 cm³/mol. The number of nitrogens with zero attached hydrogens (tertiary/aromatic N) is 1. The lowest BCUT2D eigenvalue weighted by atomic mass is 10.0. The first-order valence-corrected chi connectivity index (χ1v) is 6.09. The number of pyridine rings is 1. The van der Waals surface area contributed by atoms with Gasteiger partial charge in [-0.25, -0.2) is 0 Å². The van der Waals surface area contributed by atoms with Crippen LogP contribution in [0.2, 0.25) is 0 Å². The van der Waals surface area contributed by atoms with E-state index in [0.717, 1.165) is 24.2 Å². The first-order valence-electron chi connectivity index (χ1n) is 6.09. The molecule has 0 amide bonds. The Labute approximate surface area is 103 Å². The van der Waals surface area contributed by atoms with Crippen molar-refractivity contribution in [2.45, 2.75) is 38.8 Å². The number of ether oxygens (including phenoxy) is 2. The van der Waals surface area contributed by atoms with Crippen LogP contribution in [0.3, 0.4) is 0 Å². The first-order chi connectivity index (χ1) is 8.22. The van der Waals surface area contributed by atoms with Crippen LogP contribution in [0.4, 0.5) is 0 Å². The summed E-state index contributed by atoms with van der Waals surface area (Å²) in [7, 11) is 1.69.